The van der Waals surface area contributed by atoms with Gasteiger partial charge in [0.15, 0.2) is 5.65 Å². The number of hydrogen-bond donors (Lipinski definition) is 3. The Balaban J connectivity index is 1.55. The molecular formula is C18H23N7O3S. The maximum atomic E-state index is 10.9. The molecule has 29 heavy (non-hydrogen) atoms. The van der Waals surface area contributed by atoms with E-state index in [9.17, 15) is 8.42 Å². The smallest absolute Gasteiger partial charge is 0.357 e. The van der Waals surface area contributed by atoms with Crippen LogP contribution in [0.25, 0.3) is 11.0 Å². The van der Waals surface area contributed by atoms with Gasteiger partial charge in [-0.2, -0.15) is 23.5 Å². The highest BCUT2D eigenvalue weighted by Crippen LogP contribution is 2.25. The summed E-state index contributed by atoms with van der Waals surface area (Å²) in [5.74, 6) is 1.42. The number of piperidine rings is 1. The molecule has 0 unspecified atom stereocenters. The van der Waals surface area contributed by atoms with Crippen LogP contribution in [0.3, 0.4) is 0 Å². The number of nitrogens with zero attached hydrogens (tertiary/aromatic N) is 5. The fourth-order valence-electron chi connectivity index (χ4n) is 3.41. The number of rotatable bonds is 6. The van der Waals surface area contributed by atoms with Crippen LogP contribution in [0.5, 0.6) is 0 Å². The van der Waals surface area contributed by atoms with Gasteiger partial charge in [0, 0.05) is 26.7 Å². The average Bonchev–Trinajstić information content (AvgIpc) is 3.08. The minimum Gasteiger partial charge on any atom is -0.365 e. The van der Waals surface area contributed by atoms with Crippen molar-refractivity contribution in [2.45, 2.75) is 25.8 Å². The molecule has 1 fully saturated rings. The van der Waals surface area contributed by atoms with Gasteiger partial charge in [0.2, 0.25) is 5.95 Å². The summed E-state index contributed by atoms with van der Waals surface area (Å²) in [6.07, 6.45) is 5.26. The van der Waals surface area contributed by atoms with Crippen molar-refractivity contribution >= 4 is 38.8 Å². The van der Waals surface area contributed by atoms with Crippen LogP contribution in [0.15, 0.2) is 30.5 Å². The van der Waals surface area contributed by atoms with E-state index in [2.05, 4.69) is 15.3 Å². The van der Waals surface area contributed by atoms with E-state index < -0.39 is 10.3 Å². The van der Waals surface area contributed by atoms with Crippen LogP contribution >= 0.6 is 0 Å². The predicted molar refractivity (Wildman–Crippen MR) is 111 cm³/mol. The van der Waals surface area contributed by atoms with Crippen molar-refractivity contribution in [1.29, 1.82) is 0 Å². The van der Waals surface area contributed by atoms with Gasteiger partial charge in [0.25, 0.3) is 0 Å². The lowest BCUT2D eigenvalue weighted by Gasteiger charge is -2.27. The maximum absolute atomic E-state index is 10.9. The van der Waals surface area contributed by atoms with Gasteiger partial charge in [-0.3, -0.25) is 14.0 Å². The SMILES string of the molecule is Cn1ncc2c(NCc3ccc(NS(=O)(=O)O)cc3)nc(N3CCCCC3)nc21. The van der Waals surface area contributed by atoms with Crippen molar-refractivity contribution in [1.82, 2.24) is 19.7 Å². The lowest BCUT2D eigenvalue weighted by molar-refractivity contribution is 0.489. The van der Waals surface area contributed by atoms with Crippen LogP contribution in [0, 0.1) is 0 Å². The van der Waals surface area contributed by atoms with Crippen LogP contribution in [-0.2, 0) is 23.9 Å². The number of aryl methyl sites for hydroxylation is 1. The summed E-state index contributed by atoms with van der Waals surface area (Å²) in [6, 6.07) is 6.72. The lowest BCUT2D eigenvalue weighted by Crippen LogP contribution is -2.31. The number of nitrogens with one attached hydrogen (secondary N) is 2. The van der Waals surface area contributed by atoms with Crippen LogP contribution in [-0.4, -0.2) is 45.8 Å². The van der Waals surface area contributed by atoms with Crippen LogP contribution < -0.4 is 14.9 Å². The topological polar surface area (TPSA) is 125 Å². The molecular weight excluding hydrogens is 394 g/mol. The monoisotopic (exact) mass is 417 g/mol. The zero-order chi connectivity index (χ0) is 20.4. The molecule has 1 aliphatic rings. The van der Waals surface area contributed by atoms with E-state index in [-0.39, 0.29) is 0 Å². The first kappa shape index (κ1) is 19.4. The Hall–Kier alpha value is -2.92. The maximum Gasteiger partial charge on any atom is 0.357 e. The van der Waals surface area contributed by atoms with Crippen LogP contribution in [0.1, 0.15) is 24.8 Å². The fraction of sp³-hybridized carbons (Fsp3) is 0.389. The Kier molecular flexibility index (Phi) is 5.24. The minimum absolute atomic E-state index is 0.292. The number of benzene rings is 1. The first-order chi connectivity index (χ1) is 13.9. The molecule has 0 radical (unpaired) electrons. The molecule has 10 nitrogen and oxygen atoms in total. The van der Waals surface area contributed by atoms with E-state index in [1.807, 2.05) is 11.8 Å². The fourth-order valence-corrected chi connectivity index (χ4v) is 3.84. The normalized spacial score (nSPS) is 14.9. The van der Waals surface area contributed by atoms with Gasteiger partial charge in [-0.1, -0.05) is 12.1 Å². The van der Waals surface area contributed by atoms with Gasteiger partial charge >= 0.3 is 10.3 Å². The van der Waals surface area contributed by atoms with Crippen molar-refractivity contribution < 1.29 is 13.0 Å². The predicted octanol–water partition coefficient (Wildman–Crippen LogP) is 2.18. The molecule has 11 heteroatoms. The minimum atomic E-state index is -4.28. The Morgan fingerprint density at radius 1 is 1.10 bits per heavy atom. The standard InChI is InChI=1S/C18H23N7O3S/c1-24-17-15(12-20-24)16(21-18(22-17)25-9-3-2-4-10-25)19-11-13-5-7-14(8-6-13)23-29(26,27)28/h5-8,12,23H,2-4,9-11H2,1H3,(H,19,21,22)(H,26,27,28). The molecule has 3 heterocycles. The Labute approximate surface area is 168 Å². The van der Waals surface area contributed by atoms with Crippen molar-refractivity contribution in [2.24, 2.45) is 7.05 Å². The summed E-state index contributed by atoms with van der Waals surface area (Å²) in [5, 5.41) is 8.50. The molecule has 0 saturated carbocycles. The van der Waals surface area contributed by atoms with E-state index in [0.717, 1.165) is 42.5 Å². The molecule has 3 N–H and O–H groups in total. The summed E-state index contributed by atoms with van der Waals surface area (Å²) >= 11 is 0. The van der Waals surface area contributed by atoms with Gasteiger partial charge in [-0.05, 0) is 37.0 Å². The van der Waals surface area contributed by atoms with Gasteiger partial charge in [-0.15, -0.1) is 0 Å². The van der Waals surface area contributed by atoms with E-state index in [0.29, 0.717) is 24.0 Å². The third-order valence-electron chi connectivity index (χ3n) is 4.88. The van der Waals surface area contributed by atoms with E-state index in [1.54, 1.807) is 35.1 Å². The molecule has 0 atom stereocenters. The second kappa shape index (κ2) is 7.84. The summed E-state index contributed by atoms with van der Waals surface area (Å²) in [4.78, 5) is 11.7. The molecule has 4 rings (SSSR count). The molecule has 0 amide bonds. The van der Waals surface area contributed by atoms with Crippen molar-refractivity contribution in [3.05, 3.63) is 36.0 Å². The highest BCUT2D eigenvalue weighted by molar-refractivity contribution is 7.87. The molecule has 1 saturated heterocycles. The molecule has 0 bridgehead atoms. The number of hydrogen-bond acceptors (Lipinski definition) is 7. The number of anilines is 3. The molecule has 1 aromatic carbocycles. The summed E-state index contributed by atoms with van der Waals surface area (Å²) in [7, 11) is -2.42. The third-order valence-corrected chi connectivity index (χ3v) is 5.37. The quantitative estimate of drug-likeness (QED) is 0.521. The van der Waals surface area contributed by atoms with E-state index in [1.165, 1.54) is 6.42 Å². The van der Waals surface area contributed by atoms with Crippen molar-refractivity contribution in [2.75, 3.05) is 28.0 Å². The molecule has 1 aliphatic heterocycles. The van der Waals surface area contributed by atoms with Crippen molar-refractivity contribution in [3.63, 3.8) is 0 Å². The van der Waals surface area contributed by atoms with Crippen LogP contribution in [0.4, 0.5) is 17.5 Å². The highest BCUT2D eigenvalue weighted by Gasteiger charge is 2.18. The second-order valence-electron chi connectivity index (χ2n) is 7.05. The number of fused-ring (bicyclic) bond motifs is 1. The molecule has 0 aliphatic carbocycles. The highest BCUT2D eigenvalue weighted by atomic mass is 32.2. The Morgan fingerprint density at radius 3 is 2.52 bits per heavy atom. The van der Waals surface area contributed by atoms with Gasteiger partial charge in [0.1, 0.15) is 5.82 Å². The van der Waals surface area contributed by atoms with Gasteiger partial charge in [0.05, 0.1) is 17.3 Å². The lowest BCUT2D eigenvalue weighted by atomic mass is 10.1. The summed E-state index contributed by atoms with van der Waals surface area (Å²) in [5.41, 5.74) is 2.00. The molecule has 0 spiro atoms. The second-order valence-corrected chi connectivity index (χ2v) is 8.21. The van der Waals surface area contributed by atoms with E-state index in [4.69, 9.17) is 14.5 Å². The summed E-state index contributed by atoms with van der Waals surface area (Å²) in [6.45, 7) is 2.39. The molecule has 154 valence electrons. The van der Waals surface area contributed by atoms with Gasteiger partial charge < -0.3 is 10.2 Å². The third kappa shape index (κ3) is 4.57. The van der Waals surface area contributed by atoms with E-state index >= 15 is 0 Å². The average molecular weight is 417 g/mol. The first-order valence-electron chi connectivity index (χ1n) is 9.42. The number of aromatic nitrogens is 4. The first-order valence-corrected chi connectivity index (χ1v) is 10.9. The summed E-state index contributed by atoms with van der Waals surface area (Å²) < 4.78 is 34.4. The van der Waals surface area contributed by atoms with Crippen LogP contribution in [0.2, 0.25) is 0 Å². The Bertz CT molecular complexity index is 1110. The largest absolute Gasteiger partial charge is 0.365 e. The molecule has 3 aromatic rings. The van der Waals surface area contributed by atoms with Gasteiger partial charge in [-0.25, -0.2) is 0 Å². The Morgan fingerprint density at radius 2 is 1.83 bits per heavy atom. The van der Waals surface area contributed by atoms with Crippen molar-refractivity contribution in [3.8, 4) is 0 Å². The molecule has 2 aromatic heterocycles. The zero-order valence-corrected chi connectivity index (χ0v) is 16.9. The zero-order valence-electron chi connectivity index (χ0n) is 16.0.